The van der Waals surface area contributed by atoms with Crippen molar-refractivity contribution < 1.29 is 0 Å². The van der Waals surface area contributed by atoms with E-state index in [1.54, 1.807) is 0 Å². The van der Waals surface area contributed by atoms with E-state index in [4.69, 9.17) is 8.92 Å². The standard InChI is InChI=1S/2BrH.ClH.Sn/h3*1H;/q;;;+3/p-3. The number of hydrogen-bond acceptors (Lipinski definition) is 0. The molecule has 25 valence electrons. The summed E-state index contributed by atoms with van der Waals surface area (Å²) in [5.74, 6) is 0. The predicted molar refractivity (Wildman–Crippen MR) is 29.5 cm³/mol. The minimum atomic E-state index is -1.45. The van der Waals surface area contributed by atoms with Crippen molar-refractivity contribution in [1.29, 1.82) is 0 Å². The number of halogens is 3. The van der Waals surface area contributed by atoms with E-state index in [1.165, 1.54) is 0 Å². The van der Waals surface area contributed by atoms with Crippen LogP contribution in [0.3, 0.4) is 0 Å². The summed E-state index contributed by atoms with van der Waals surface area (Å²) in [6.07, 6.45) is 0. The van der Waals surface area contributed by atoms with Gasteiger partial charge >= 0.3 is 48.5 Å². The molecular formula is Br2ClSn. The maximum atomic E-state index is 5.30. The number of hydrogen-bond donors (Lipinski definition) is 0. The third-order valence-electron chi connectivity index (χ3n) is 0. The van der Waals surface area contributed by atoms with Crippen LogP contribution in [0.5, 0.6) is 0 Å². The van der Waals surface area contributed by atoms with Gasteiger partial charge in [0.1, 0.15) is 0 Å². The molecule has 0 aromatic rings. The Morgan fingerprint density at radius 3 is 1.50 bits per heavy atom. The van der Waals surface area contributed by atoms with Gasteiger partial charge in [-0.05, 0) is 0 Å². The molecule has 0 unspecified atom stereocenters. The molecule has 0 rings (SSSR count). The van der Waals surface area contributed by atoms with Crippen molar-refractivity contribution in [2.24, 2.45) is 0 Å². The van der Waals surface area contributed by atoms with E-state index in [9.17, 15) is 0 Å². The quantitative estimate of drug-likeness (QED) is 0.600. The summed E-state index contributed by atoms with van der Waals surface area (Å²) in [4.78, 5) is 0. The summed E-state index contributed by atoms with van der Waals surface area (Å²) in [6, 6.07) is 0. The van der Waals surface area contributed by atoms with Gasteiger partial charge in [-0.3, -0.25) is 0 Å². The molecule has 0 atom stereocenters. The minimum absolute atomic E-state index is 1.45. The van der Waals surface area contributed by atoms with Gasteiger partial charge in [0, 0.05) is 0 Å². The van der Waals surface area contributed by atoms with Crippen LogP contribution in [0.25, 0.3) is 0 Å². The Hall–Kier alpha value is 2.05. The fourth-order valence-corrected chi connectivity index (χ4v) is 0. The average Bonchev–Trinajstić information content (AvgIpc) is 0.811. The van der Waals surface area contributed by atoms with Crippen LogP contribution < -0.4 is 0 Å². The van der Waals surface area contributed by atoms with Crippen molar-refractivity contribution >= 4 is 48.5 Å². The van der Waals surface area contributed by atoms with E-state index in [0.29, 0.717) is 0 Å². The van der Waals surface area contributed by atoms with Gasteiger partial charge in [0.05, 0.1) is 0 Å². The number of rotatable bonds is 0. The second-order valence-electron chi connectivity index (χ2n) is 0.214. The van der Waals surface area contributed by atoms with Crippen LogP contribution in [0.1, 0.15) is 0 Å². The molecular weight excluding hydrogens is 314 g/mol. The van der Waals surface area contributed by atoms with Crippen LogP contribution in [0.15, 0.2) is 0 Å². The Morgan fingerprint density at radius 1 is 1.50 bits per heavy atom. The SMILES string of the molecule is [Cl][Sn]([Br])[Br]. The molecule has 0 bridgehead atoms. The first kappa shape index (κ1) is 6.05. The molecule has 0 spiro atoms. The predicted octanol–water partition coefficient (Wildman–Crippen LogP) is 2.00. The maximum absolute atomic E-state index is 5.30. The molecule has 0 heterocycles. The van der Waals surface area contributed by atoms with Crippen molar-refractivity contribution in [3.05, 3.63) is 0 Å². The van der Waals surface area contributed by atoms with E-state index in [0.717, 1.165) is 0 Å². The third-order valence-corrected chi connectivity index (χ3v) is 0. The van der Waals surface area contributed by atoms with E-state index in [1.807, 2.05) is 0 Å². The normalized spacial score (nSPS) is 9.00. The van der Waals surface area contributed by atoms with E-state index >= 15 is 0 Å². The van der Waals surface area contributed by atoms with Crippen LogP contribution in [-0.4, -0.2) is 14.2 Å². The molecule has 4 heavy (non-hydrogen) atoms. The summed E-state index contributed by atoms with van der Waals surface area (Å²) >= 11 is 4.85. The molecule has 0 aliphatic rings. The first-order valence-electron chi connectivity index (χ1n) is 0.567. The Labute approximate surface area is 47.9 Å². The molecule has 0 aliphatic carbocycles. The zero-order valence-electron chi connectivity index (χ0n) is 1.63. The van der Waals surface area contributed by atoms with Gasteiger partial charge in [-0.1, -0.05) is 0 Å². The van der Waals surface area contributed by atoms with Crippen LogP contribution in [0.4, 0.5) is 0 Å². The van der Waals surface area contributed by atoms with Crippen molar-refractivity contribution in [3.8, 4) is 0 Å². The van der Waals surface area contributed by atoms with Crippen molar-refractivity contribution in [2.75, 3.05) is 0 Å². The fraction of sp³-hybridized carbons (Fsp3) is 0. The van der Waals surface area contributed by atoms with Crippen molar-refractivity contribution in [2.45, 2.75) is 0 Å². The molecule has 0 saturated carbocycles. The van der Waals surface area contributed by atoms with Gasteiger partial charge < -0.3 is 0 Å². The first-order valence-corrected chi connectivity index (χ1v) is 17.0. The molecule has 4 heteroatoms. The fourth-order valence-electron chi connectivity index (χ4n) is 0. The zero-order chi connectivity index (χ0) is 3.58. The Morgan fingerprint density at radius 2 is 1.50 bits per heavy atom. The van der Waals surface area contributed by atoms with Crippen molar-refractivity contribution in [3.63, 3.8) is 0 Å². The van der Waals surface area contributed by atoms with E-state index < -0.39 is 14.2 Å². The van der Waals surface area contributed by atoms with Crippen LogP contribution >= 0.6 is 34.3 Å². The van der Waals surface area contributed by atoms with Gasteiger partial charge in [0.25, 0.3) is 0 Å². The van der Waals surface area contributed by atoms with Gasteiger partial charge in [-0.25, -0.2) is 0 Å². The summed E-state index contributed by atoms with van der Waals surface area (Å²) < 4.78 is 0. The summed E-state index contributed by atoms with van der Waals surface area (Å²) in [6.45, 7) is 0. The Balaban J connectivity index is 2.32. The zero-order valence-corrected chi connectivity index (χ0v) is 8.42. The molecule has 0 aromatic carbocycles. The second-order valence-corrected chi connectivity index (χ2v) is 27.9. The monoisotopic (exact) mass is 313 g/mol. The summed E-state index contributed by atoms with van der Waals surface area (Å²) in [7, 11) is 5.30. The third kappa shape index (κ3) is 8.97. The molecule has 0 N–H and O–H groups in total. The van der Waals surface area contributed by atoms with Crippen LogP contribution in [0, 0.1) is 0 Å². The van der Waals surface area contributed by atoms with E-state index in [2.05, 4.69) is 25.4 Å². The van der Waals surface area contributed by atoms with Gasteiger partial charge in [-0.2, -0.15) is 0 Å². The van der Waals surface area contributed by atoms with Gasteiger partial charge in [0.15, 0.2) is 0 Å². The Kier molecular flexibility index (Phi) is 4.91. The summed E-state index contributed by atoms with van der Waals surface area (Å²) in [5, 5.41) is 0. The second kappa shape index (κ2) is 3.25. The van der Waals surface area contributed by atoms with Crippen LogP contribution in [0.2, 0.25) is 0 Å². The molecule has 0 aliphatic heterocycles. The Bertz CT molecular complexity index is 10.8. The molecule has 0 aromatic heterocycles. The van der Waals surface area contributed by atoms with Crippen LogP contribution in [-0.2, 0) is 0 Å². The topological polar surface area (TPSA) is 0 Å². The van der Waals surface area contributed by atoms with E-state index in [-0.39, 0.29) is 0 Å². The van der Waals surface area contributed by atoms with Gasteiger partial charge in [-0.15, -0.1) is 0 Å². The average molecular weight is 314 g/mol. The van der Waals surface area contributed by atoms with Crippen molar-refractivity contribution in [1.82, 2.24) is 0 Å². The molecule has 0 nitrogen and oxygen atoms in total. The summed E-state index contributed by atoms with van der Waals surface area (Å²) in [5.41, 5.74) is 0. The molecule has 0 saturated heterocycles. The molecule has 0 amide bonds. The molecule has 0 fully saturated rings. The first-order chi connectivity index (χ1) is 1.73. The van der Waals surface area contributed by atoms with Gasteiger partial charge in [0.2, 0.25) is 0 Å². The molecule has 1 radical (unpaired) electrons.